The molecule has 1 atom stereocenters. The largest absolute Gasteiger partial charge is 0.462 e. The van der Waals surface area contributed by atoms with Gasteiger partial charge in [0.25, 0.3) is 0 Å². The van der Waals surface area contributed by atoms with Gasteiger partial charge in [0, 0.05) is 19.3 Å². The highest BCUT2D eigenvalue weighted by Crippen LogP contribution is 2.16. The van der Waals surface area contributed by atoms with Crippen LogP contribution in [0.25, 0.3) is 0 Å². The van der Waals surface area contributed by atoms with Crippen molar-refractivity contribution in [3.63, 3.8) is 0 Å². The van der Waals surface area contributed by atoms with Gasteiger partial charge in [-0.2, -0.15) is 0 Å². The maximum atomic E-state index is 12.9. The molecule has 0 spiro atoms. The molecule has 0 saturated heterocycles. The zero-order chi connectivity index (χ0) is 59.2. The van der Waals surface area contributed by atoms with E-state index < -0.39 is 6.10 Å². The van der Waals surface area contributed by atoms with Crippen LogP contribution in [0.4, 0.5) is 0 Å². The Kier molecular flexibility index (Phi) is 65.8. The minimum absolute atomic E-state index is 0.101. The van der Waals surface area contributed by atoms with Crippen molar-refractivity contribution in [3.8, 4) is 0 Å². The molecule has 0 amide bonds. The minimum atomic E-state index is -0.810. The second kappa shape index (κ2) is 69.3. The molecule has 0 aromatic rings. The molecule has 0 radical (unpaired) electrons. The fourth-order valence-electron chi connectivity index (χ4n) is 9.51. The van der Waals surface area contributed by atoms with E-state index in [1.807, 2.05) is 0 Å². The summed E-state index contributed by atoms with van der Waals surface area (Å²) in [7, 11) is 0. The summed E-state index contributed by atoms with van der Waals surface area (Å²) in [6.45, 7) is 6.50. The molecule has 0 aromatic heterocycles. The summed E-state index contributed by atoms with van der Waals surface area (Å²) in [6, 6.07) is 0. The lowest BCUT2D eigenvalue weighted by atomic mass is 10.1. The molecule has 468 valence electrons. The van der Waals surface area contributed by atoms with Gasteiger partial charge in [0.1, 0.15) is 13.2 Å². The van der Waals surface area contributed by atoms with Crippen LogP contribution in [0.1, 0.15) is 323 Å². The molecule has 0 heterocycles. The lowest BCUT2D eigenvalue weighted by Crippen LogP contribution is -2.30. The Bertz CT molecular complexity index is 1690. The Morgan fingerprint density at radius 2 is 0.476 bits per heavy atom. The standard InChI is InChI=1S/C76H128O6/c1-4-7-10-13-16-19-22-25-28-31-34-36-37-38-39-41-42-45-48-51-54-57-60-63-66-69-75(78)81-72-73(71-80-74(77)68-65-62-59-56-53-50-47-44-33-30-27-24-21-18-15-12-9-6-3)82-76(79)70-67-64-61-58-55-52-49-46-43-40-35-32-29-26-23-20-17-14-11-8-5-2/h8,11,17,20,22,25-26,29-31,33-35,37-38,40,46,49,55,58,73H,4-7,9-10,12-16,18-19,21,23-24,27-28,32,36,39,41-45,47-48,50-54,56-57,59-72H2,1-3H3/b11-8-,20-17-,25-22-,29-26-,33-30-,34-31-,38-37-,40-35-,49-46-,58-55-. The number of esters is 3. The highest BCUT2D eigenvalue weighted by atomic mass is 16.6. The van der Waals surface area contributed by atoms with Crippen LogP contribution in [0, 0.1) is 0 Å². The van der Waals surface area contributed by atoms with Gasteiger partial charge in [0.2, 0.25) is 0 Å². The fraction of sp³-hybridized carbons (Fsp3) is 0.697. The third-order valence-corrected chi connectivity index (χ3v) is 14.7. The number of rotatable bonds is 62. The summed E-state index contributed by atoms with van der Waals surface area (Å²) < 4.78 is 16.9. The van der Waals surface area contributed by atoms with Gasteiger partial charge >= 0.3 is 17.9 Å². The summed E-state index contributed by atoms with van der Waals surface area (Å²) in [4.78, 5) is 38.4. The Labute approximate surface area is 507 Å². The first-order valence-electron chi connectivity index (χ1n) is 34.5. The topological polar surface area (TPSA) is 78.9 Å². The monoisotopic (exact) mass is 1140 g/mol. The van der Waals surface area contributed by atoms with Crippen LogP contribution in [-0.2, 0) is 28.6 Å². The second-order valence-corrected chi connectivity index (χ2v) is 22.7. The van der Waals surface area contributed by atoms with E-state index in [4.69, 9.17) is 14.2 Å². The van der Waals surface area contributed by atoms with Gasteiger partial charge in [-0.1, -0.05) is 290 Å². The smallest absolute Gasteiger partial charge is 0.306 e. The molecule has 6 nitrogen and oxygen atoms in total. The predicted molar refractivity (Wildman–Crippen MR) is 357 cm³/mol. The maximum absolute atomic E-state index is 12.9. The van der Waals surface area contributed by atoms with Gasteiger partial charge < -0.3 is 14.2 Å². The number of unbranched alkanes of at least 4 members (excludes halogenated alkanes) is 31. The van der Waals surface area contributed by atoms with E-state index in [0.29, 0.717) is 19.3 Å². The molecule has 0 aliphatic rings. The van der Waals surface area contributed by atoms with Gasteiger partial charge in [0.05, 0.1) is 0 Å². The molecule has 1 unspecified atom stereocenters. The van der Waals surface area contributed by atoms with Crippen molar-refractivity contribution in [1.82, 2.24) is 0 Å². The SMILES string of the molecule is CC/C=C\C/C=C\C/C=C\C/C=C\C/C=C\C/C=C\CCCCC(=O)OC(COC(=O)CCCCCCCCC/C=C\CCCCCCCCC)COC(=O)CCCCCCCCCCCC/C=C\C/C=C\C/C=C\CCCCCCC. The third kappa shape index (κ3) is 66.6. The van der Waals surface area contributed by atoms with Crippen molar-refractivity contribution in [2.24, 2.45) is 0 Å². The van der Waals surface area contributed by atoms with E-state index in [0.717, 1.165) is 103 Å². The highest BCUT2D eigenvalue weighted by molar-refractivity contribution is 5.71. The molecule has 0 aliphatic carbocycles. The van der Waals surface area contributed by atoms with Crippen LogP contribution >= 0.6 is 0 Å². The minimum Gasteiger partial charge on any atom is -0.462 e. The highest BCUT2D eigenvalue weighted by Gasteiger charge is 2.19. The van der Waals surface area contributed by atoms with Crippen LogP contribution in [0.3, 0.4) is 0 Å². The lowest BCUT2D eigenvalue weighted by Gasteiger charge is -2.18. The van der Waals surface area contributed by atoms with Crippen molar-refractivity contribution in [2.45, 2.75) is 329 Å². The maximum Gasteiger partial charge on any atom is 0.306 e. The molecule has 0 N–H and O–H groups in total. The van der Waals surface area contributed by atoms with Crippen LogP contribution in [0.15, 0.2) is 122 Å². The van der Waals surface area contributed by atoms with E-state index in [1.54, 1.807) is 0 Å². The van der Waals surface area contributed by atoms with Gasteiger partial charge in [-0.15, -0.1) is 0 Å². The first-order valence-corrected chi connectivity index (χ1v) is 34.5. The van der Waals surface area contributed by atoms with Gasteiger partial charge in [-0.25, -0.2) is 0 Å². The Balaban J connectivity index is 4.46. The summed E-state index contributed by atoms with van der Waals surface area (Å²) in [6.07, 6.45) is 96.4. The van der Waals surface area contributed by atoms with E-state index in [-0.39, 0.29) is 37.5 Å². The van der Waals surface area contributed by atoms with Crippen molar-refractivity contribution >= 4 is 17.9 Å². The number of carbonyl (C=O) groups is 3. The van der Waals surface area contributed by atoms with Crippen molar-refractivity contribution in [1.29, 1.82) is 0 Å². The number of carbonyl (C=O) groups excluding carboxylic acids is 3. The quantitative estimate of drug-likeness (QED) is 0.0261. The van der Waals surface area contributed by atoms with Crippen LogP contribution in [0.5, 0.6) is 0 Å². The van der Waals surface area contributed by atoms with Gasteiger partial charge in [-0.05, 0) is 135 Å². The van der Waals surface area contributed by atoms with Crippen LogP contribution in [0.2, 0.25) is 0 Å². The van der Waals surface area contributed by atoms with Crippen LogP contribution < -0.4 is 0 Å². The summed E-state index contributed by atoms with van der Waals surface area (Å²) in [5, 5.41) is 0. The Morgan fingerprint density at radius 1 is 0.256 bits per heavy atom. The van der Waals surface area contributed by atoms with E-state index in [1.165, 1.54) is 173 Å². The van der Waals surface area contributed by atoms with E-state index in [2.05, 4.69) is 142 Å². The average molecular weight is 1140 g/mol. The Morgan fingerprint density at radius 3 is 0.780 bits per heavy atom. The van der Waals surface area contributed by atoms with Crippen molar-refractivity contribution < 1.29 is 28.6 Å². The van der Waals surface area contributed by atoms with Gasteiger partial charge in [0.15, 0.2) is 6.10 Å². The lowest BCUT2D eigenvalue weighted by molar-refractivity contribution is -0.167. The zero-order valence-electron chi connectivity index (χ0n) is 53.7. The normalized spacial score (nSPS) is 12.9. The fourth-order valence-corrected chi connectivity index (χ4v) is 9.51. The molecule has 0 aliphatic heterocycles. The molecule has 0 fully saturated rings. The number of hydrogen-bond donors (Lipinski definition) is 0. The number of ether oxygens (including phenoxy) is 3. The Hall–Kier alpha value is -4.19. The summed E-state index contributed by atoms with van der Waals surface area (Å²) in [5.74, 6) is -0.943. The van der Waals surface area contributed by atoms with Crippen molar-refractivity contribution in [3.05, 3.63) is 122 Å². The van der Waals surface area contributed by atoms with E-state index >= 15 is 0 Å². The molecule has 0 saturated carbocycles. The molecular formula is C76H128O6. The second-order valence-electron chi connectivity index (χ2n) is 22.7. The zero-order valence-corrected chi connectivity index (χ0v) is 53.7. The summed E-state index contributed by atoms with van der Waals surface area (Å²) >= 11 is 0. The summed E-state index contributed by atoms with van der Waals surface area (Å²) in [5.41, 5.74) is 0. The first-order chi connectivity index (χ1) is 40.5. The average Bonchev–Trinajstić information content (AvgIpc) is 3.47. The molecule has 6 heteroatoms. The molecule has 0 rings (SSSR count). The first kappa shape index (κ1) is 77.8. The van der Waals surface area contributed by atoms with Crippen molar-refractivity contribution in [2.75, 3.05) is 13.2 Å². The van der Waals surface area contributed by atoms with Crippen LogP contribution in [-0.4, -0.2) is 37.2 Å². The molecule has 82 heavy (non-hydrogen) atoms. The number of hydrogen-bond acceptors (Lipinski definition) is 6. The predicted octanol–water partition coefficient (Wildman–Crippen LogP) is 23.9. The van der Waals surface area contributed by atoms with E-state index in [9.17, 15) is 14.4 Å². The molecule has 0 bridgehead atoms. The molecule has 0 aromatic carbocycles. The van der Waals surface area contributed by atoms with Gasteiger partial charge in [-0.3, -0.25) is 14.4 Å². The number of allylic oxidation sites excluding steroid dienone is 20. The molecular weight excluding hydrogens is 1010 g/mol. The third-order valence-electron chi connectivity index (χ3n) is 14.7.